The first-order chi connectivity index (χ1) is 5.77. The predicted octanol–water partition coefficient (Wildman–Crippen LogP) is 0.313. The first-order valence-corrected chi connectivity index (χ1v) is 4.34. The standard InChI is InChI=1S/C8H14N4/c1-6-3-8(6)9-4-7-5-10-11-12(7)2/h5-6,8-9H,3-4H2,1-2H3. The van der Waals surface area contributed by atoms with Crippen molar-refractivity contribution in [3.05, 3.63) is 11.9 Å². The summed E-state index contributed by atoms with van der Waals surface area (Å²) in [6.45, 7) is 3.15. The van der Waals surface area contributed by atoms with Crippen molar-refractivity contribution in [2.75, 3.05) is 0 Å². The molecule has 4 nitrogen and oxygen atoms in total. The summed E-state index contributed by atoms with van der Waals surface area (Å²) in [6.07, 6.45) is 3.12. The van der Waals surface area contributed by atoms with Gasteiger partial charge in [-0.1, -0.05) is 12.1 Å². The summed E-state index contributed by atoms with van der Waals surface area (Å²) < 4.78 is 1.81. The molecule has 1 fully saturated rings. The summed E-state index contributed by atoms with van der Waals surface area (Å²) in [5, 5.41) is 11.1. The van der Waals surface area contributed by atoms with Crippen molar-refractivity contribution in [2.24, 2.45) is 13.0 Å². The molecule has 1 N–H and O–H groups in total. The largest absolute Gasteiger partial charge is 0.308 e. The lowest BCUT2D eigenvalue weighted by atomic mass is 10.4. The molecule has 0 radical (unpaired) electrons. The Hall–Kier alpha value is -0.900. The molecular weight excluding hydrogens is 152 g/mol. The predicted molar refractivity (Wildman–Crippen MR) is 45.4 cm³/mol. The molecular formula is C8H14N4. The van der Waals surface area contributed by atoms with E-state index in [0.29, 0.717) is 0 Å². The van der Waals surface area contributed by atoms with Crippen molar-refractivity contribution < 1.29 is 0 Å². The van der Waals surface area contributed by atoms with Crippen molar-refractivity contribution in [3.63, 3.8) is 0 Å². The van der Waals surface area contributed by atoms with Crippen LogP contribution in [0.4, 0.5) is 0 Å². The molecule has 0 saturated heterocycles. The Kier molecular flexibility index (Phi) is 1.84. The van der Waals surface area contributed by atoms with Crippen LogP contribution in [0, 0.1) is 5.92 Å². The highest BCUT2D eigenvalue weighted by atomic mass is 15.4. The summed E-state index contributed by atoms with van der Waals surface area (Å²) in [5.41, 5.74) is 1.15. The lowest BCUT2D eigenvalue weighted by Gasteiger charge is -2.01. The molecule has 0 aromatic carbocycles. The normalized spacial score (nSPS) is 27.5. The van der Waals surface area contributed by atoms with Crippen molar-refractivity contribution in [1.82, 2.24) is 20.3 Å². The number of nitrogens with zero attached hydrogens (tertiary/aromatic N) is 3. The van der Waals surface area contributed by atoms with E-state index in [1.165, 1.54) is 6.42 Å². The highest BCUT2D eigenvalue weighted by molar-refractivity contribution is 4.96. The zero-order chi connectivity index (χ0) is 8.55. The van der Waals surface area contributed by atoms with Crippen LogP contribution in [0.15, 0.2) is 6.20 Å². The number of rotatable bonds is 3. The van der Waals surface area contributed by atoms with E-state index in [1.54, 1.807) is 10.9 Å². The monoisotopic (exact) mass is 166 g/mol. The maximum absolute atomic E-state index is 3.86. The second kappa shape index (κ2) is 2.86. The van der Waals surface area contributed by atoms with E-state index in [9.17, 15) is 0 Å². The molecule has 2 atom stereocenters. The molecule has 1 aliphatic carbocycles. The average Bonchev–Trinajstić information content (AvgIpc) is 2.57. The van der Waals surface area contributed by atoms with Crippen molar-refractivity contribution in [1.29, 1.82) is 0 Å². The maximum Gasteiger partial charge on any atom is 0.0738 e. The summed E-state index contributed by atoms with van der Waals surface area (Å²) in [7, 11) is 1.92. The van der Waals surface area contributed by atoms with Gasteiger partial charge in [-0.05, 0) is 12.3 Å². The lowest BCUT2D eigenvalue weighted by Crippen LogP contribution is -2.18. The summed E-state index contributed by atoms with van der Waals surface area (Å²) >= 11 is 0. The molecule has 1 aromatic heterocycles. The number of nitrogens with one attached hydrogen (secondary N) is 1. The minimum atomic E-state index is 0.722. The number of hydrogen-bond acceptors (Lipinski definition) is 3. The Bertz CT molecular complexity index is 268. The van der Waals surface area contributed by atoms with Gasteiger partial charge in [-0.2, -0.15) is 0 Å². The van der Waals surface area contributed by atoms with Gasteiger partial charge in [0, 0.05) is 19.6 Å². The van der Waals surface area contributed by atoms with Gasteiger partial charge in [0.2, 0.25) is 0 Å². The fraction of sp³-hybridized carbons (Fsp3) is 0.750. The fourth-order valence-corrected chi connectivity index (χ4v) is 1.31. The second-order valence-electron chi connectivity index (χ2n) is 3.55. The Morgan fingerprint density at radius 2 is 2.50 bits per heavy atom. The number of aryl methyl sites for hydroxylation is 1. The smallest absolute Gasteiger partial charge is 0.0738 e. The van der Waals surface area contributed by atoms with E-state index in [-0.39, 0.29) is 0 Å². The maximum atomic E-state index is 3.86. The minimum Gasteiger partial charge on any atom is -0.308 e. The van der Waals surface area contributed by atoms with Gasteiger partial charge < -0.3 is 5.32 Å². The van der Waals surface area contributed by atoms with Gasteiger partial charge in [0.05, 0.1) is 11.9 Å². The third-order valence-corrected chi connectivity index (χ3v) is 2.46. The lowest BCUT2D eigenvalue weighted by molar-refractivity contribution is 0.599. The van der Waals surface area contributed by atoms with Crippen molar-refractivity contribution in [3.8, 4) is 0 Å². The molecule has 1 heterocycles. The highest BCUT2D eigenvalue weighted by Crippen LogP contribution is 2.29. The molecule has 1 aromatic rings. The van der Waals surface area contributed by atoms with Crippen LogP contribution in [-0.2, 0) is 13.6 Å². The molecule has 0 spiro atoms. The van der Waals surface area contributed by atoms with Gasteiger partial charge in [0.15, 0.2) is 0 Å². The SMILES string of the molecule is CC1CC1NCc1cnnn1C. The Balaban J connectivity index is 1.84. The summed E-state index contributed by atoms with van der Waals surface area (Å²) in [4.78, 5) is 0. The van der Waals surface area contributed by atoms with Gasteiger partial charge in [0.25, 0.3) is 0 Å². The van der Waals surface area contributed by atoms with E-state index in [2.05, 4.69) is 22.6 Å². The molecule has 1 saturated carbocycles. The zero-order valence-electron chi connectivity index (χ0n) is 7.49. The topological polar surface area (TPSA) is 42.7 Å². The fourth-order valence-electron chi connectivity index (χ4n) is 1.31. The van der Waals surface area contributed by atoms with Crippen LogP contribution in [0.2, 0.25) is 0 Å². The molecule has 12 heavy (non-hydrogen) atoms. The molecule has 0 aliphatic heterocycles. The van der Waals surface area contributed by atoms with Crippen molar-refractivity contribution >= 4 is 0 Å². The molecule has 0 bridgehead atoms. The summed E-state index contributed by atoms with van der Waals surface area (Å²) in [5.74, 6) is 0.853. The van der Waals surface area contributed by atoms with Gasteiger partial charge >= 0.3 is 0 Å². The van der Waals surface area contributed by atoms with Gasteiger partial charge in [0.1, 0.15) is 0 Å². The first kappa shape index (κ1) is 7.73. The zero-order valence-corrected chi connectivity index (χ0v) is 7.49. The minimum absolute atomic E-state index is 0.722. The van der Waals surface area contributed by atoms with Crippen LogP contribution in [0.5, 0.6) is 0 Å². The summed E-state index contributed by atoms with van der Waals surface area (Å²) in [6, 6.07) is 0.722. The number of hydrogen-bond donors (Lipinski definition) is 1. The van der Waals surface area contributed by atoms with E-state index in [1.807, 2.05) is 7.05 Å². The van der Waals surface area contributed by atoms with E-state index in [0.717, 1.165) is 24.2 Å². The van der Waals surface area contributed by atoms with Crippen LogP contribution >= 0.6 is 0 Å². The quantitative estimate of drug-likeness (QED) is 0.703. The molecule has 0 amide bonds. The van der Waals surface area contributed by atoms with Gasteiger partial charge in [-0.3, -0.25) is 4.68 Å². The molecule has 4 heteroatoms. The highest BCUT2D eigenvalue weighted by Gasteiger charge is 2.31. The van der Waals surface area contributed by atoms with Crippen LogP contribution in [0.25, 0.3) is 0 Å². The van der Waals surface area contributed by atoms with Crippen LogP contribution in [0.1, 0.15) is 19.0 Å². The van der Waals surface area contributed by atoms with Crippen LogP contribution in [-0.4, -0.2) is 21.0 Å². The Morgan fingerprint density at radius 1 is 1.75 bits per heavy atom. The molecule has 2 rings (SSSR count). The Morgan fingerprint density at radius 3 is 3.00 bits per heavy atom. The van der Waals surface area contributed by atoms with Gasteiger partial charge in [-0.15, -0.1) is 5.10 Å². The molecule has 2 unspecified atom stereocenters. The van der Waals surface area contributed by atoms with E-state index >= 15 is 0 Å². The number of aromatic nitrogens is 3. The first-order valence-electron chi connectivity index (χ1n) is 4.34. The third-order valence-electron chi connectivity index (χ3n) is 2.46. The molecule has 66 valence electrons. The van der Waals surface area contributed by atoms with Crippen LogP contribution < -0.4 is 5.32 Å². The van der Waals surface area contributed by atoms with E-state index in [4.69, 9.17) is 0 Å². The van der Waals surface area contributed by atoms with Crippen molar-refractivity contribution in [2.45, 2.75) is 25.9 Å². The van der Waals surface area contributed by atoms with Crippen LogP contribution in [0.3, 0.4) is 0 Å². The molecule has 1 aliphatic rings. The third kappa shape index (κ3) is 1.48. The Labute approximate surface area is 72.0 Å². The second-order valence-corrected chi connectivity index (χ2v) is 3.55. The van der Waals surface area contributed by atoms with Gasteiger partial charge in [-0.25, -0.2) is 0 Å². The average molecular weight is 166 g/mol. The van der Waals surface area contributed by atoms with E-state index < -0.39 is 0 Å².